The number of thioether (sulfide) groups is 1. The molecule has 2 heterocycles. The molecule has 0 saturated heterocycles. The van der Waals surface area contributed by atoms with E-state index >= 15 is 0 Å². The SMILES string of the molecule is CC(C)(C)SCc1noc(C2Cc3ccccc3N2)n1. The minimum atomic E-state index is 0.105. The molecule has 1 N–H and O–H groups in total. The van der Waals surface area contributed by atoms with Crippen molar-refractivity contribution in [2.45, 2.75) is 43.7 Å². The predicted molar refractivity (Wildman–Crippen MR) is 81.9 cm³/mol. The quantitative estimate of drug-likeness (QED) is 0.931. The van der Waals surface area contributed by atoms with Crippen molar-refractivity contribution < 1.29 is 4.52 Å². The van der Waals surface area contributed by atoms with Crippen molar-refractivity contribution in [3.63, 3.8) is 0 Å². The van der Waals surface area contributed by atoms with Gasteiger partial charge in [0.1, 0.15) is 6.04 Å². The van der Waals surface area contributed by atoms with Crippen molar-refractivity contribution in [2.24, 2.45) is 0 Å². The van der Waals surface area contributed by atoms with E-state index in [4.69, 9.17) is 4.52 Å². The molecule has 0 radical (unpaired) electrons. The second kappa shape index (κ2) is 5.13. The van der Waals surface area contributed by atoms with Gasteiger partial charge in [-0.1, -0.05) is 44.1 Å². The number of nitrogens with one attached hydrogen (secondary N) is 1. The molecule has 1 aromatic carbocycles. The van der Waals surface area contributed by atoms with E-state index in [0.717, 1.165) is 18.0 Å². The standard InChI is InChI=1S/C15H19N3OS/c1-15(2,3)20-9-13-17-14(19-18-13)12-8-10-6-4-5-7-11(10)16-12/h4-7,12,16H,8-9H2,1-3H3. The molecule has 0 amide bonds. The van der Waals surface area contributed by atoms with E-state index in [1.54, 1.807) is 0 Å². The monoisotopic (exact) mass is 289 g/mol. The summed E-state index contributed by atoms with van der Waals surface area (Å²) in [5.74, 6) is 2.25. The molecule has 0 spiro atoms. The van der Waals surface area contributed by atoms with Gasteiger partial charge in [0, 0.05) is 16.9 Å². The van der Waals surface area contributed by atoms with Crippen LogP contribution in [0.15, 0.2) is 28.8 Å². The van der Waals surface area contributed by atoms with Gasteiger partial charge in [0.25, 0.3) is 0 Å². The van der Waals surface area contributed by atoms with Crippen LogP contribution in [0.25, 0.3) is 0 Å². The first-order valence-electron chi connectivity index (χ1n) is 6.82. The molecule has 3 rings (SSSR count). The van der Waals surface area contributed by atoms with Gasteiger partial charge >= 0.3 is 0 Å². The first-order valence-corrected chi connectivity index (χ1v) is 7.81. The summed E-state index contributed by atoms with van der Waals surface area (Å²) >= 11 is 1.82. The zero-order valence-corrected chi connectivity index (χ0v) is 12.8. The lowest BCUT2D eigenvalue weighted by molar-refractivity contribution is 0.360. The molecular weight excluding hydrogens is 270 g/mol. The largest absolute Gasteiger partial charge is 0.373 e. The first kappa shape index (κ1) is 13.5. The number of fused-ring (bicyclic) bond motifs is 1. The number of benzene rings is 1. The summed E-state index contributed by atoms with van der Waals surface area (Å²) in [5.41, 5.74) is 2.47. The Morgan fingerprint density at radius 3 is 2.90 bits per heavy atom. The highest BCUT2D eigenvalue weighted by Crippen LogP contribution is 2.33. The molecular formula is C15H19N3OS. The molecule has 20 heavy (non-hydrogen) atoms. The Morgan fingerprint density at radius 1 is 1.35 bits per heavy atom. The fourth-order valence-electron chi connectivity index (χ4n) is 2.20. The fraction of sp³-hybridized carbons (Fsp3) is 0.467. The summed E-state index contributed by atoms with van der Waals surface area (Å²) in [4.78, 5) is 4.52. The molecule has 106 valence electrons. The zero-order chi connectivity index (χ0) is 14.2. The maximum absolute atomic E-state index is 5.41. The number of para-hydroxylation sites is 1. The zero-order valence-electron chi connectivity index (χ0n) is 12.0. The molecule has 0 bridgehead atoms. The number of hydrogen-bond donors (Lipinski definition) is 1. The van der Waals surface area contributed by atoms with E-state index in [1.807, 2.05) is 17.8 Å². The molecule has 1 aromatic heterocycles. The average Bonchev–Trinajstić information content (AvgIpc) is 3.01. The third-order valence-electron chi connectivity index (χ3n) is 3.19. The van der Waals surface area contributed by atoms with Crippen LogP contribution in [0, 0.1) is 0 Å². The van der Waals surface area contributed by atoms with E-state index in [0.29, 0.717) is 5.89 Å². The summed E-state index contributed by atoms with van der Waals surface area (Å²) in [5, 5.41) is 7.51. The van der Waals surface area contributed by atoms with Gasteiger partial charge < -0.3 is 9.84 Å². The lowest BCUT2D eigenvalue weighted by Gasteiger charge is -2.15. The number of hydrogen-bond acceptors (Lipinski definition) is 5. The Labute approximate surface area is 123 Å². The summed E-state index contributed by atoms with van der Waals surface area (Å²) in [6.07, 6.45) is 0.907. The van der Waals surface area contributed by atoms with Gasteiger partial charge in [0.15, 0.2) is 5.82 Å². The average molecular weight is 289 g/mol. The Kier molecular flexibility index (Phi) is 3.46. The first-order chi connectivity index (χ1) is 9.51. The molecule has 1 unspecified atom stereocenters. The summed E-state index contributed by atoms with van der Waals surface area (Å²) in [6.45, 7) is 6.56. The number of rotatable bonds is 3. The Balaban J connectivity index is 1.67. The van der Waals surface area contributed by atoms with Crippen molar-refractivity contribution in [3.05, 3.63) is 41.5 Å². The molecule has 1 atom stereocenters. The van der Waals surface area contributed by atoms with E-state index in [9.17, 15) is 0 Å². The highest BCUT2D eigenvalue weighted by atomic mass is 32.2. The van der Waals surface area contributed by atoms with E-state index in [1.165, 1.54) is 11.3 Å². The fourth-order valence-corrected chi connectivity index (χ4v) is 2.87. The summed E-state index contributed by atoms with van der Waals surface area (Å²) in [6, 6.07) is 8.42. The van der Waals surface area contributed by atoms with Gasteiger partial charge in [-0.05, 0) is 11.6 Å². The van der Waals surface area contributed by atoms with Crippen molar-refractivity contribution in [1.82, 2.24) is 10.1 Å². The van der Waals surface area contributed by atoms with Gasteiger partial charge in [-0.3, -0.25) is 0 Å². The topological polar surface area (TPSA) is 51.0 Å². The molecule has 4 nitrogen and oxygen atoms in total. The molecule has 5 heteroatoms. The summed E-state index contributed by atoms with van der Waals surface area (Å²) < 4.78 is 5.62. The maximum Gasteiger partial charge on any atom is 0.249 e. The number of aromatic nitrogens is 2. The van der Waals surface area contributed by atoms with Gasteiger partial charge in [-0.15, -0.1) is 11.8 Å². The predicted octanol–water partition coefficient (Wildman–Crippen LogP) is 3.81. The van der Waals surface area contributed by atoms with Crippen LogP contribution in [0.3, 0.4) is 0 Å². The molecule has 1 aliphatic heterocycles. The van der Waals surface area contributed by atoms with Crippen LogP contribution in [-0.2, 0) is 12.2 Å². The van der Waals surface area contributed by atoms with Crippen LogP contribution in [-0.4, -0.2) is 14.9 Å². The van der Waals surface area contributed by atoms with Crippen LogP contribution in [0.5, 0.6) is 0 Å². The highest BCUT2D eigenvalue weighted by molar-refractivity contribution is 7.99. The van der Waals surface area contributed by atoms with Crippen LogP contribution >= 0.6 is 11.8 Å². The third kappa shape index (κ3) is 2.98. The van der Waals surface area contributed by atoms with Gasteiger partial charge in [0.2, 0.25) is 5.89 Å². The van der Waals surface area contributed by atoms with Crippen LogP contribution < -0.4 is 5.32 Å². The molecule has 1 aliphatic rings. The third-order valence-corrected chi connectivity index (χ3v) is 4.46. The second-order valence-electron chi connectivity index (χ2n) is 6.01. The van der Waals surface area contributed by atoms with Crippen molar-refractivity contribution >= 4 is 17.4 Å². The highest BCUT2D eigenvalue weighted by Gasteiger charge is 2.26. The van der Waals surface area contributed by atoms with Gasteiger partial charge in [-0.25, -0.2) is 0 Å². The maximum atomic E-state index is 5.41. The molecule has 0 fully saturated rings. The van der Waals surface area contributed by atoms with Crippen LogP contribution in [0.2, 0.25) is 0 Å². The second-order valence-corrected chi connectivity index (χ2v) is 7.81. The molecule has 2 aromatic rings. The van der Waals surface area contributed by atoms with E-state index < -0.39 is 0 Å². The lowest BCUT2D eigenvalue weighted by Crippen LogP contribution is -2.08. The van der Waals surface area contributed by atoms with E-state index in [-0.39, 0.29) is 10.8 Å². The normalized spacial score (nSPS) is 17.9. The molecule has 0 aliphatic carbocycles. The lowest BCUT2D eigenvalue weighted by atomic mass is 10.1. The smallest absolute Gasteiger partial charge is 0.249 e. The minimum absolute atomic E-state index is 0.105. The summed E-state index contributed by atoms with van der Waals surface area (Å²) in [7, 11) is 0. The van der Waals surface area contributed by atoms with Crippen molar-refractivity contribution in [2.75, 3.05) is 5.32 Å². The van der Waals surface area contributed by atoms with Crippen molar-refractivity contribution in [3.8, 4) is 0 Å². The van der Waals surface area contributed by atoms with Crippen LogP contribution in [0.4, 0.5) is 5.69 Å². The van der Waals surface area contributed by atoms with Gasteiger partial charge in [0.05, 0.1) is 5.75 Å². The minimum Gasteiger partial charge on any atom is -0.373 e. The number of anilines is 1. The Hall–Kier alpha value is -1.49. The van der Waals surface area contributed by atoms with Crippen LogP contribution in [0.1, 0.15) is 44.1 Å². The molecule has 0 saturated carbocycles. The Bertz CT molecular complexity index is 578. The Morgan fingerprint density at radius 2 is 2.15 bits per heavy atom. The number of nitrogens with zero attached hydrogens (tertiary/aromatic N) is 2. The van der Waals surface area contributed by atoms with Gasteiger partial charge in [-0.2, -0.15) is 4.98 Å². The van der Waals surface area contributed by atoms with Crippen molar-refractivity contribution in [1.29, 1.82) is 0 Å². The van der Waals surface area contributed by atoms with E-state index in [2.05, 4.69) is 54.4 Å².